The average molecular weight is 496 g/mol. The number of carboxylic acids is 2. The number of carbonyl (C=O) groups is 4. The maximum atomic E-state index is 13.7. The van der Waals surface area contributed by atoms with Gasteiger partial charge in [0.2, 0.25) is 0 Å². The number of hydrogen-bond donors (Lipinski definition) is 2. The Balaban J connectivity index is 1.82. The zero-order valence-electron chi connectivity index (χ0n) is 19.1. The molecule has 0 fully saturated rings. The van der Waals surface area contributed by atoms with E-state index in [0.717, 1.165) is 11.0 Å². The van der Waals surface area contributed by atoms with Crippen LogP contribution in [0.3, 0.4) is 0 Å². The van der Waals surface area contributed by atoms with Crippen molar-refractivity contribution in [2.45, 2.75) is 6.92 Å². The van der Waals surface area contributed by atoms with E-state index in [-0.39, 0.29) is 49.8 Å². The van der Waals surface area contributed by atoms with Gasteiger partial charge >= 0.3 is 11.9 Å². The summed E-state index contributed by atoms with van der Waals surface area (Å²) in [6.45, 7) is 1.61. The SMILES string of the molecule is Cc1ccc(C(=O)O)cc1N1C(=O)c2cccc3c(-c4cccc(C(=O)O)c4)c([N+](=O)[O-])cc(c23)C1=O. The number of nitrogens with zero attached hydrogens (tertiary/aromatic N) is 2. The number of benzene rings is 4. The van der Waals surface area contributed by atoms with Crippen molar-refractivity contribution in [1.82, 2.24) is 0 Å². The van der Waals surface area contributed by atoms with E-state index in [9.17, 15) is 39.5 Å². The maximum absolute atomic E-state index is 13.7. The molecule has 0 spiro atoms. The van der Waals surface area contributed by atoms with Crippen LogP contribution in [-0.2, 0) is 0 Å². The molecule has 1 aliphatic rings. The summed E-state index contributed by atoms with van der Waals surface area (Å²) in [7, 11) is 0. The number of carbonyl (C=O) groups excluding carboxylic acids is 2. The lowest BCUT2D eigenvalue weighted by molar-refractivity contribution is -0.384. The topological polar surface area (TPSA) is 155 Å². The first-order valence-corrected chi connectivity index (χ1v) is 10.9. The van der Waals surface area contributed by atoms with Crippen LogP contribution in [0.2, 0.25) is 0 Å². The molecule has 0 saturated heterocycles. The van der Waals surface area contributed by atoms with E-state index in [1.54, 1.807) is 6.92 Å². The quantitative estimate of drug-likeness (QED) is 0.224. The lowest BCUT2D eigenvalue weighted by Gasteiger charge is -2.29. The van der Waals surface area contributed by atoms with Crippen LogP contribution in [0, 0.1) is 17.0 Å². The summed E-state index contributed by atoms with van der Waals surface area (Å²) in [5, 5.41) is 31.4. The normalized spacial score (nSPS) is 12.6. The predicted molar refractivity (Wildman–Crippen MR) is 132 cm³/mol. The van der Waals surface area contributed by atoms with Crippen molar-refractivity contribution < 1.29 is 34.3 Å². The molecule has 10 heteroatoms. The first-order chi connectivity index (χ1) is 17.6. The van der Waals surface area contributed by atoms with Gasteiger partial charge in [-0.15, -0.1) is 0 Å². The highest BCUT2D eigenvalue weighted by Crippen LogP contribution is 2.43. The van der Waals surface area contributed by atoms with Crippen molar-refractivity contribution in [3.05, 3.63) is 105 Å². The first-order valence-electron chi connectivity index (χ1n) is 10.9. The molecule has 0 bridgehead atoms. The van der Waals surface area contributed by atoms with Crippen LogP contribution in [0.5, 0.6) is 0 Å². The molecule has 10 nitrogen and oxygen atoms in total. The summed E-state index contributed by atoms with van der Waals surface area (Å²) in [5.41, 5.74) is 0.157. The minimum absolute atomic E-state index is 0.0541. The third kappa shape index (κ3) is 3.59. The number of imide groups is 1. The molecule has 0 unspecified atom stereocenters. The van der Waals surface area contributed by atoms with Crippen molar-refractivity contribution >= 4 is 45.9 Å². The summed E-state index contributed by atoms with van der Waals surface area (Å²) < 4.78 is 0. The molecule has 5 rings (SSSR count). The number of aromatic carboxylic acids is 2. The van der Waals surface area contributed by atoms with Crippen LogP contribution in [0.4, 0.5) is 11.4 Å². The zero-order chi connectivity index (χ0) is 26.6. The second kappa shape index (κ2) is 8.38. The number of amides is 2. The fourth-order valence-electron chi connectivity index (χ4n) is 4.61. The van der Waals surface area contributed by atoms with Gasteiger partial charge in [0.05, 0.1) is 32.9 Å². The Hall–Kier alpha value is -5.38. The average Bonchev–Trinajstić information content (AvgIpc) is 2.87. The monoisotopic (exact) mass is 496 g/mol. The summed E-state index contributed by atoms with van der Waals surface area (Å²) >= 11 is 0. The van der Waals surface area contributed by atoms with Crippen LogP contribution in [-0.4, -0.2) is 38.9 Å². The molecule has 182 valence electrons. The van der Waals surface area contributed by atoms with Gasteiger partial charge in [-0.2, -0.15) is 0 Å². The summed E-state index contributed by atoms with van der Waals surface area (Å²) in [6, 6.07) is 15.2. The van der Waals surface area contributed by atoms with Gasteiger partial charge in [-0.25, -0.2) is 14.5 Å². The minimum Gasteiger partial charge on any atom is -0.478 e. The van der Waals surface area contributed by atoms with E-state index < -0.39 is 34.4 Å². The minimum atomic E-state index is -1.25. The molecular weight excluding hydrogens is 480 g/mol. The lowest BCUT2D eigenvalue weighted by atomic mass is 9.87. The Bertz CT molecular complexity index is 1720. The van der Waals surface area contributed by atoms with E-state index in [4.69, 9.17) is 0 Å². The van der Waals surface area contributed by atoms with Gasteiger partial charge < -0.3 is 10.2 Å². The van der Waals surface area contributed by atoms with E-state index in [0.29, 0.717) is 5.56 Å². The Morgan fingerprint density at radius 2 is 1.49 bits per heavy atom. The molecule has 2 amide bonds. The van der Waals surface area contributed by atoms with Crippen molar-refractivity contribution in [3.63, 3.8) is 0 Å². The van der Waals surface area contributed by atoms with Crippen LogP contribution in [0.1, 0.15) is 47.0 Å². The molecule has 0 aliphatic carbocycles. The number of carboxylic acid groups (broad SMARTS) is 2. The molecule has 1 heterocycles. The smallest absolute Gasteiger partial charge is 0.335 e. The Morgan fingerprint density at radius 3 is 2.16 bits per heavy atom. The number of aryl methyl sites for hydroxylation is 1. The number of rotatable bonds is 5. The van der Waals surface area contributed by atoms with Crippen molar-refractivity contribution in [2.24, 2.45) is 0 Å². The highest BCUT2D eigenvalue weighted by atomic mass is 16.6. The van der Waals surface area contributed by atoms with Crippen LogP contribution in [0.15, 0.2) is 66.7 Å². The summed E-state index contributed by atoms with van der Waals surface area (Å²) in [6.07, 6.45) is 0. The van der Waals surface area contributed by atoms with Gasteiger partial charge in [0.1, 0.15) is 0 Å². The van der Waals surface area contributed by atoms with E-state index in [1.807, 2.05) is 0 Å². The first kappa shape index (κ1) is 23.4. The second-order valence-corrected chi connectivity index (χ2v) is 8.44. The number of nitro groups is 1. The molecule has 0 radical (unpaired) electrons. The van der Waals surface area contributed by atoms with Crippen molar-refractivity contribution in [3.8, 4) is 11.1 Å². The summed E-state index contributed by atoms with van der Waals surface area (Å²) in [5.74, 6) is -4.02. The van der Waals surface area contributed by atoms with Gasteiger partial charge in [-0.3, -0.25) is 19.7 Å². The molecule has 0 saturated carbocycles. The Kier molecular flexibility index (Phi) is 5.29. The van der Waals surface area contributed by atoms with Crippen LogP contribution < -0.4 is 4.90 Å². The largest absolute Gasteiger partial charge is 0.478 e. The standard InChI is InChI=1S/C27H16N2O8/c1-13-8-9-16(27(34)35)11-20(13)28-24(30)18-7-3-6-17-22(14-4-2-5-15(10-14)26(32)33)21(29(36)37)12-19(23(17)18)25(28)31/h2-12H,1H3,(H,32,33)(H,34,35). The van der Waals surface area contributed by atoms with Crippen LogP contribution >= 0.6 is 0 Å². The molecule has 2 N–H and O–H groups in total. The van der Waals surface area contributed by atoms with E-state index >= 15 is 0 Å². The second-order valence-electron chi connectivity index (χ2n) is 8.44. The third-order valence-corrected chi connectivity index (χ3v) is 6.30. The highest BCUT2D eigenvalue weighted by molar-refractivity contribution is 6.37. The Morgan fingerprint density at radius 1 is 0.838 bits per heavy atom. The number of anilines is 1. The van der Waals surface area contributed by atoms with Gasteiger partial charge in [-0.05, 0) is 53.8 Å². The molecule has 0 atom stereocenters. The fraction of sp³-hybridized carbons (Fsp3) is 0.0370. The highest BCUT2D eigenvalue weighted by Gasteiger charge is 2.38. The number of nitro benzene ring substituents is 1. The summed E-state index contributed by atoms with van der Waals surface area (Å²) in [4.78, 5) is 62.6. The van der Waals surface area contributed by atoms with E-state index in [2.05, 4.69) is 0 Å². The van der Waals surface area contributed by atoms with E-state index in [1.165, 1.54) is 60.7 Å². The molecular formula is C27H16N2O8. The van der Waals surface area contributed by atoms with Crippen molar-refractivity contribution in [2.75, 3.05) is 4.90 Å². The van der Waals surface area contributed by atoms with Gasteiger partial charge in [0.25, 0.3) is 17.5 Å². The van der Waals surface area contributed by atoms with Gasteiger partial charge in [0.15, 0.2) is 0 Å². The van der Waals surface area contributed by atoms with Gasteiger partial charge in [0, 0.05) is 17.0 Å². The molecule has 1 aliphatic heterocycles. The zero-order valence-corrected chi connectivity index (χ0v) is 19.1. The third-order valence-electron chi connectivity index (χ3n) is 6.30. The maximum Gasteiger partial charge on any atom is 0.335 e. The molecule has 4 aromatic carbocycles. The van der Waals surface area contributed by atoms with Crippen molar-refractivity contribution in [1.29, 1.82) is 0 Å². The Labute approximate surface area is 208 Å². The predicted octanol–water partition coefficient (Wildman–Crippen LogP) is 4.92. The van der Waals surface area contributed by atoms with Gasteiger partial charge in [-0.1, -0.05) is 30.3 Å². The fourth-order valence-corrected chi connectivity index (χ4v) is 4.61. The lowest BCUT2D eigenvalue weighted by Crippen LogP contribution is -2.41. The van der Waals surface area contributed by atoms with Crippen LogP contribution in [0.25, 0.3) is 21.9 Å². The number of hydrogen-bond acceptors (Lipinski definition) is 6. The molecule has 4 aromatic rings. The molecule has 0 aromatic heterocycles. The molecule has 37 heavy (non-hydrogen) atoms.